The quantitative estimate of drug-likeness (QED) is 0.629. The van der Waals surface area contributed by atoms with Gasteiger partial charge in [0.05, 0.1) is 13.5 Å². The van der Waals surface area contributed by atoms with E-state index in [2.05, 4.69) is 5.32 Å². The summed E-state index contributed by atoms with van der Waals surface area (Å²) in [6.45, 7) is 1.99. The van der Waals surface area contributed by atoms with Crippen LogP contribution in [-0.2, 0) is 16.0 Å². The Balaban J connectivity index is 1.84. The minimum absolute atomic E-state index is 0.108. The van der Waals surface area contributed by atoms with Crippen LogP contribution < -0.4 is 10.1 Å². The van der Waals surface area contributed by atoms with Crippen LogP contribution >= 0.6 is 11.3 Å². The lowest BCUT2D eigenvalue weighted by Crippen LogP contribution is -2.39. The Kier molecular flexibility index (Phi) is 6.67. The number of carbonyl (C=O) groups is 2. The van der Waals surface area contributed by atoms with Crippen LogP contribution in [0.4, 0.5) is 5.69 Å². The largest absolute Gasteiger partial charge is 0.497 e. The van der Waals surface area contributed by atoms with Crippen molar-refractivity contribution in [3.8, 4) is 5.75 Å². The summed E-state index contributed by atoms with van der Waals surface area (Å²) in [5, 5.41) is 4.86. The van der Waals surface area contributed by atoms with Gasteiger partial charge in [0.2, 0.25) is 5.91 Å². The molecule has 0 radical (unpaired) electrons. The molecular formula is C23H24N2O3S. The van der Waals surface area contributed by atoms with Crippen LogP contribution in [0.25, 0.3) is 0 Å². The fourth-order valence-electron chi connectivity index (χ4n) is 3.02. The normalized spacial score (nSPS) is 11.6. The van der Waals surface area contributed by atoms with Crippen molar-refractivity contribution in [1.29, 1.82) is 0 Å². The van der Waals surface area contributed by atoms with Crippen molar-refractivity contribution in [3.05, 3.63) is 82.0 Å². The first kappa shape index (κ1) is 20.6. The maximum absolute atomic E-state index is 13.2. The second-order valence-corrected chi connectivity index (χ2v) is 7.82. The molecule has 0 saturated carbocycles. The lowest BCUT2D eigenvalue weighted by molar-refractivity contribution is -0.136. The van der Waals surface area contributed by atoms with E-state index < -0.39 is 6.04 Å². The van der Waals surface area contributed by atoms with Crippen molar-refractivity contribution in [1.82, 2.24) is 4.90 Å². The van der Waals surface area contributed by atoms with Crippen molar-refractivity contribution in [2.75, 3.05) is 19.5 Å². The van der Waals surface area contributed by atoms with Gasteiger partial charge < -0.3 is 15.0 Å². The molecule has 1 atom stereocenters. The van der Waals surface area contributed by atoms with E-state index >= 15 is 0 Å². The summed E-state index contributed by atoms with van der Waals surface area (Å²) in [4.78, 5) is 28.5. The Morgan fingerprint density at radius 2 is 1.76 bits per heavy atom. The molecule has 0 spiro atoms. The van der Waals surface area contributed by atoms with Gasteiger partial charge >= 0.3 is 0 Å². The number of anilines is 1. The van der Waals surface area contributed by atoms with E-state index in [-0.39, 0.29) is 18.2 Å². The van der Waals surface area contributed by atoms with Crippen LogP contribution in [0, 0.1) is 6.92 Å². The molecule has 3 aromatic rings. The molecule has 0 bridgehead atoms. The third-order valence-corrected chi connectivity index (χ3v) is 5.56. The first-order chi connectivity index (χ1) is 14.0. The zero-order chi connectivity index (χ0) is 20.8. The highest BCUT2D eigenvalue weighted by Gasteiger charge is 2.29. The molecular weight excluding hydrogens is 384 g/mol. The predicted octanol–water partition coefficient (Wildman–Crippen LogP) is 4.45. The van der Waals surface area contributed by atoms with Gasteiger partial charge in [-0.3, -0.25) is 9.59 Å². The second-order valence-electron chi connectivity index (χ2n) is 6.79. The zero-order valence-corrected chi connectivity index (χ0v) is 17.5. The SMILES string of the molecule is COc1ccc(NC(=O)[C@@H](c2ccc(C)cc2)N(C)C(=O)Cc2cccs2)cc1. The van der Waals surface area contributed by atoms with Crippen molar-refractivity contribution in [2.45, 2.75) is 19.4 Å². The Morgan fingerprint density at radius 1 is 1.07 bits per heavy atom. The van der Waals surface area contributed by atoms with Gasteiger partial charge in [-0.25, -0.2) is 0 Å². The van der Waals surface area contributed by atoms with E-state index in [9.17, 15) is 9.59 Å². The predicted molar refractivity (Wildman–Crippen MR) is 116 cm³/mol. The van der Waals surface area contributed by atoms with Crippen LogP contribution in [0.15, 0.2) is 66.0 Å². The van der Waals surface area contributed by atoms with Gasteiger partial charge in [0.15, 0.2) is 0 Å². The number of amides is 2. The Hall–Kier alpha value is -3.12. The smallest absolute Gasteiger partial charge is 0.251 e. The second kappa shape index (κ2) is 9.39. The Labute approximate surface area is 174 Å². The minimum Gasteiger partial charge on any atom is -0.497 e. The van der Waals surface area contributed by atoms with E-state index in [0.29, 0.717) is 11.4 Å². The highest BCUT2D eigenvalue weighted by atomic mass is 32.1. The molecule has 0 aliphatic heterocycles. The molecule has 1 aromatic heterocycles. The zero-order valence-electron chi connectivity index (χ0n) is 16.7. The number of thiophene rings is 1. The molecule has 1 N–H and O–H groups in total. The number of nitrogens with one attached hydrogen (secondary N) is 1. The standard InChI is InChI=1S/C23H24N2O3S/c1-16-6-8-17(9-7-16)22(25(2)21(26)15-20-5-4-14-29-20)23(27)24-18-10-12-19(28-3)13-11-18/h4-14,22H,15H2,1-3H3,(H,24,27)/t22-/m1/s1. The lowest BCUT2D eigenvalue weighted by Gasteiger charge is -2.28. The summed E-state index contributed by atoms with van der Waals surface area (Å²) in [5.41, 5.74) is 2.51. The van der Waals surface area contributed by atoms with Crippen molar-refractivity contribution in [2.24, 2.45) is 0 Å². The number of carbonyl (C=O) groups excluding carboxylic acids is 2. The molecule has 0 saturated heterocycles. The molecule has 2 aromatic carbocycles. The summed E-state index contributed by atoms with van der Waals surface area (Å²) in [5.74, 6) is 0.338. The molecule has 2 amide bonds. The fourth-order valence-corrected chi connectivity index (χ4v) is 3.71. The highest BCUT2D eigenvalue weighted by molar-refractivity contribution is 7.10. The average Bonchev–Trinajstić information content (AvgIpc) is 3.23. The van der Waals surface area contributed by atoms with E-state index in [1.165, 1.54) is 16.2 Å². The van der Waals surface area contributed by atoms with Crippen LogP contribution in [0.2, 0.25) is 0 Å². The summed E-state index contributed by atoms with van der Waals surface area (Å²) < 4.78 is 5.16. The van der Waals surface area contributed by atoms with E-state index in [1.807, 2.05) is 48.7 Å². The van der Waals surface area contributed by atoms with E-state index in [4.69, 9.17) is 4.74 Å². The van der Waals surface area contributed by atoms with Gasteiger partial charge in [0.25, 0.3) is 5.91 Å². The first-order valence-corrected chi connectivity index (χ1v) is 10.2. The molecule has 29 heavy (non-hydrogen) atoms. The summed E-state index contributed by atoms with van der Waals surface area (Å²) in [6, 6.07) is 17.9. The third kappa shape index (κ3) is 5.23. The van der Waals surface area contributed by atoms with Gasteiger partial charge in [0, 0.05) is 17.6 Å². The van der Waals surface area contributed by atoms with Gasteiger partial charge in [0.1, 0.15) is 11.8 Å². The number of hydrogen-bond acceptors (Lipinski definition) is 4. The van der Waals surface area contributed by atoms with Crippen molar-refractivity contribution < 1.29 is 14.3 Å². The Morgan fingerprint density at radius 3 is 2.34 bits per heavy atom. The molecule has 0 unspecified atom stereocenters. The summed E-state index contributed by atoms with van der Waals surface area (Å²) >= 11 is 1.53. The monoisotopic (exact) mass is 408 g/mol. The highest BCUT2D eigenvalue weighted by Crippen LogP contribution is 2.24. The van der Waals surface area contributed by atoms with Crippen LogP contribution in [0.3, 0.4) is 0 Å². The fraction of sp³-hybridized carbons (Fsp3) is 0.217. The number of nitrogens with zero attached hydrogens (tertiary/aromatic N) is 1. The maximum Gasteiger partial charge on any atom is 0.251 e. The van der Waals surface area contributed by atoms with Crippen molar-refractivity contribution in [3.63, 3.8) is 0 Å². The molecule has 1 heterocycles. The maximum atomic E-state index is 13.2. The number of benzene rings is 2. The molecule has 0 aliphatic carbocycles. The van der Waals surface area contributed by atoms with E-state index in [1.54, 1.807) is 38.4 Å². The van der Waals surface area contributed by atoms with Crippen molar-refractivity contribution >= 4 is 28.8 Å². The van der Waals surface area contributed by atoms with Crippen LogP contribution in [-0.4, -0.2) is 30.9 Å². The topological polar surface area (TPSA) is 58.6 Å². The van der Waals surface area contributed by atoms with Gasteiger partial charge in [-0.05, 0) is 48.2 Å². The van der Waals surface area contributed by atoms with Crippen LogP contribution in [0.5, 0.6) is 5.75 Å². The number of aryl methyl sites for hydroxylation is 1. The third-order valence-electron chi connectivity index (χ3n) is 4.69. The number of ether oxygens (including phenoxy) is 1. The molecule has 5 nitrogen and oxygen atoms in total. The molecule has 3 rings (SSSR count). The number of hydrogen-bond donors (Lipinski definition) is 1. The molecule has 150 valence electrons. The van der Waals surface area contributed by atoms with Gasteiger partial charge in [-0.2, -0.15) is 0 Å². The van der Waals surface area contributed by atoms with Gasteiger partial charge in [-0.1, -0.05) is 35.9 Å². The van der Waals surface area contributed by atoms with Crippen LogP contribution in [0.1, 0.15) is 22.0 Å². The summed E-state index contributed by atoms with van der Waals surface area (Å²) in [6.07, 6.45) is 0.270. The van der Waals surface area contributed by atoms with Gasteiger partial charge in [-0.15, -0.1) is 11.3 Å². The number of rotatable bonds is 7. The minimum atomic E-state index is -0.731. The van der Waals surface area contributed by atoms with E-state index in [0.717, 1.165) is 16.0 Å². The number of likely N-dealkylation sites (N-methyl/N-ethyl adjacent to an activating group) is 1. The lowest BCUT2D eigenvalue weighted by atomic mass is 10.0. The summed E-state index contributed by atoms with van der Waals surface area (Å²) in [7, 11) is 3.27. The number of methoxy groups -OCH3 is 1. The Bertz CT molecular complexity index is 951. The molecule has 0 aliphatic rings. The molecule has 0 fully saturated rings. The first-order valence-electron chi connectivity index (χ1n) is 9.27. The molecule has 6 heteroatoms. The average molecular weight is 409 g/mol.